The molecule has 78 valence electrons. The molecule has 2 atom stereocenters. The molecule has 1 aliphatic rings. The molecule has 0 radical (unpaired) electrons. The average molecular weight is 194 g/mol. The number of hydrogen-bond acceptors (Lipinski definition) is 0. The van der Waals surface area contributed by atoms with E-state index >= 15 is 0 Å². The maximum absolute atomic E-state index is 12.5. The largest absolute Gasteiger partial charge is 0.207 e. The summed E-state index contributed by atoms with van der Waals surface area (Å²) in [7, 11) is 0. The van der Waals surface area contributed by atoms with E-state index in [9.17, 15) is 4.39 Å². The highest BCUT2D eigenvalue weighted by Crippen LogP contribution is 2.49. The van der Waals surface area contributed by atoms with Gasteiger partial charge in [0.25, 0.3) is 0 Å². The van der Waals surface area contributed by atoms with E-state index in [0.29, 0.717) is 0 Å². The van der Waals surface area contributed by atoms with Crippen molar-refractivity contribution in [3.8, 4) is 0 Å². The van der Waals surface area contributed by atoms with Gasteiger partial charge in [0.1, 0.15) is 5.82 Å². The quantitative estimate of drug-likeness (QED) is 0.656. The molecule has 0 aromatic heterocycles. The van der Waals surface area contributed by atoms with Gasteiger partial charge in [-0.05, 0) is 36.0 Å². The lowest BCUT2D eigenvalue weighted by Crippen LogP contribution is -1.82. The van der Waals surface area contributed by atoms with Crippen LogP contribution in [-0.2, 0) is 0 Å². The van der Waals surface area contributed by atoms with Crippen molar-refractivity contribution in [3.05, 3.63) is 35.6 Å². The zero-order valence-electron chi connectivity index (χ0n) is 9.26. The molecule has 0 amide bonds. The first-order valence-electron chi connectivity index (χ1n) is 5.56. The molecule has 0 bridgehead atoms. The molecule has 1 aromatic rings. The number of hydrogen-bond donors (Lipinski definition) is 0. The molecule has 1 fully saturated rings. The SMILES string of the molecule is CC.CCC1CC1c1ccc(F)cc1. The van der Waals surface area contributed by atoms with E-state index in [1.54, 1.807) is 12.1 Å². The third kappa shape index (κ3) is 2.57. The van der Waals surface area contributed by atoms with Gasteiger partial charge < -0.3 is 0 Å². The predicted octanol–water partition coefficient (Wildman–Crippen LogP) is 4.37. The van der Waals surface area contributed by atoms with Gasteiger partial charge in [0.05, 0.1) is 0 Å². The topological polar surface area (TPSA) is 0 Å². The second-order valence-electron chi connectivity index (χ2n) is 3.56. The molecule has 0 nitrogen and oxygen atoms in total. The summed E-state index contributed by atoms with van der Waals surface area (Å²) in [5.41, 5.74) is 1.31. The second kappa shape index (κ2) is 5.14. The number of halogens is 1. The smallest absolute Gasteiger partial charge is 0.123 e. The van der Waals surface area contributed by atoms with Crippen molar-refractivity contribution >= 4 is 0 Å². The summed E-state index contributed by atoms with van der Waals surface area (Å²) in [4.78, 5) is 0. The lowest BCUT2D eigenvalue weighted by atomic mass is 10.1. The fraction of sp³-hybridized carbons (Fsp3) is 0.538. The van der Waals surface area contributed by atoms with E-state index < -0.39 is 0 Å². The van der Waals surface area contributed by atoms with Crippen LogP contribution in [0.1, 0.15) is 45.1 Å². The lowest BCUT2D eigenvalue weighted by molar-refractivity contribution is 0.626. The van der Waals surface area contributed by atoms with Crippen molar-refractivity contribution in [3.63, 3.8) is 0 Å². The van der Waals surface area contributed by atoms with Crippen LogP contribution >= 0.6 is 0 Å². The van der Waals surface area contributed by atoms with Gasteiger partial charge in [0, 0.05) is 0 Å². The van der Waals surface area contributed by atoms with E-state index in [-0.39, 0.29) is 5.82 Å². The van der Waals surface area contributed by atoms with Crippen molar-refractivity contribution in [2.75, 3.05) is 0 Å². The van der Waals surface area contributed by atoms with Gasteiger partial charge in [-0.1, -0.05) is 39.3 Å². The van der Waals surface area contributed by atoms with Crippen molar-refractivity contribution < 1.29 is 4.39 Å². The first-order chi connectivity index (χ1) is 6.81. The molecule has 1 saturated carbocycles. The molecule has 1 aromatic carbocycles. The Balaban J connectivity index is 0.000000461. The fourth-order valence-electron chi connectivity index (χ4n) is 1.82. The summed E-state index contributed by atoms with van der Waals surface area (Å²) in [5, 5.41) is 0. The highest BCUT2D eigenvalue weighted by atomic mass is 19.1. The third-order valence-corrected chi connectivity index (χ3v) is 2.75. The highest BCUT2D eigenvalue weighted by molar-refractivity contribution is 5.25. The van der Waals surface area contributed by atoms with Crippen LogP contribution in [0.15, 0.2) is 24.3 Å². The molecule has 0 spiro atoms. The fourth-order valence-corrected chi connectivity index (χ4v) is 1.82. The van der Waals surface area contributed by atoms with Crippen LogP contribution < -0.4 is 0 Å². The number of benzene rings is 1. The Bertz CT molecular complexity index is 263. The second-order valence-corrected chi connectivity index (χ2v) is 3.56. The molecule has 1 aliphatic carbocycles. The highest BCUT2D eigenvalue weighted by Gasteiger charge is 2.36. The van der Waals surface area contributed by atoms with Gasteiger partial charge in [0.2, 0.25) is 0 Å². The first-order valence-corrected chi connectivity index (χ1v) is 5.56. The zero-order chi connectivity index (χ0) is 10.6. The molecule has 14 heavy (non-hydrogen) atoms. The summed E-state index contributed by atoms with van der Waals surface area (Å²) in [6, 6.07) is 6.94. The Morgan fingerprint density at radius 2 is 1.79 bits per heavy atom. The van der Waals surface area contributed by atoms with Crippen LogP contribution in [-0.4, -0.2) is 0 Å². The Morgan fingerprint density at radius 3 is 2.21 bits per heavy atom. The predicted molar refractivity (Wildman–Crippen MR) is 58.9 cm³/mol. The molecular formula is C13H19F. The van der Waals surface area contributed by atoms with E-state index in [1.807, 2.05) is 26.0 Å². The standard InChI is InChI=1S/C11H13F.C2H6/c1-2-8-7-11(8)9-3-5-10(12)6-4-9;1-2/h3-6,8,11H,2,7H2,1H3;1-2H3. The molecule has 0 saturated heterocycles. The van der Waals surface area contributed by atoms with Crippen molar-refractivity contribution in [1.29, 1.82) is 0 Å². The minimum absolute atomic E-state index is 0.132. The monoisotopic (exact) mass is 194 g/mol. The minimum atomic E-state index is -0.132. The summed E-state index contributed by atoms with van der Waals surface area (Å²) in [5.74, 6) is 1.44. The normalized spacial score (nSPS) is 23.7. The minimum Gasteiger partial charge on any atom is -0.207 e. The Hall–Kier alpha value is -0.850. The summed E-state index contributed by atoms with van der Waals surface area (Å²) < 4.78 is 12.5. The van der Waals surface area contributed by atoms with E-state index in [2.05, 4.69) is 6.92 Å². The Kier molecular flexibility index (Phi) is 4.12. The summed E-state index contributed by atoms with van der Waals surface area (Å²) in [6.45, 7) is 6.22. The zero-order valence-corrected chi connectivity index (χ0v) is 9.26. The van der Waals surface area contributed by atoms with Crippen LogP contribution in [0.5, 0.6) is 0 Å². The average Bonchev–Trinajstić information content (AvgIpc) is 3.01. The van der Waals surface area contributed by atoms with Gasteiger partial charge >= 0.3 is 0 Å². The number of rotatable bonds is 2. The van der Waals surface area contributed by atoms with E-state index in [4.69, 9.17) is 0 Å². The van der Waals surface area contributed by atoms with Crippen LogP contribution in [0, 0.1) is 11.7 Å². The van der Waals surface area contributed by atoms with Crippen molar-refractivity contribution in [2.45, 2.75) is 39.5 Å². The van der Waals surface area contributed by atoms with Crippen LogP contribution in [0.2, 0.25) is 0 Å². The molecule has 2 rings (SSSR count). The van der Waals surface area contributed by atoms with Gasteiger partial charge in [-0.25, -0.2) is 4.39 Å². The van der Waals surface area contributed by atoms with Crippen molar-refractivity contribution in [1.82, 2.24) is 0 Å². The van der Waals surface area contributed by atoms with E-state index in [0.717, 1.165) is 11.8 Å². The first kappa shape index (κ1) is 11.2. The molecule has 1 heteroatoms. The Morgan fingerprint density at radius 1 is 1.21 bits per heavy atom. The van der Waals surface area contributed by atoms with Gasteiger partial charge in [-0.3, -0.25) is 0 Å². The van der Waals surface area contributed by atoms with Gasteiger partial charge in [0.15, 0.2) is 0 Å². The summed E-state index contributed by atoms with van der Waals surface area (Å²) in [6.07, 6.45) is 2.55. The summed E-state index contributed by atoms with van der Waals surface area (Å²) >= 11 is 0. The van der Waals surface area contributed by atoms with Gasteiger partial charge in [-0.15, -0.1) is 0 Å². The van der Waals surface area contributed by atoms with Gasteiger partial charge in [-0.2, -0.15) is 0 Å². The molecule has 0 heterocycles. The molecule has 2 unspecified atom stereocenters. The Labute approximate surface area is 86.2 Å². The molecule has 0 N–H and O–H groups in total. The maximum Gasteiger partial charge on any atom is 0.123 e. The molecule has 0 aliphatic heterocycles. The van der Waals surface area contributed by atoms with Crippen LogP contribution in [0.3, 0.4) is 0 Å². The van der Waals surface area contributed by atoms with E-state index in [1.165, 1.54) is 18.4 Å². The maximum atomic E-state index is 12.5. The molecular weight excluding hydrogens is 175 g/mol. The van der Waals surface area contributed by atoms with Crippen LogP contribution in [0.4, 0.5) is 4.39 Å². The van der Waals surface area contributed by atoms with Crippen molar-refractivity contribution in [2.24, 2.45) is 5.92 Å². The van der Waals surface area contributed by atoms with Crippen LogP contribution in [0.25, 0.3) is 0 Å². The lowest BCUT2D eigenvalue weighted by Gasteiger charge is -1.97. The third-order valence-electron chi connectivity index (χ3n) is 2.75.